The molecule has 0 bridgehead atoms. The molecular weight excluding hydrogens is 374 g/mol. The van der Waals surface area contributed by atoms with Crippen molar-refractivity contribution in [2.75, 3.05) is 13.1 Å². The Labute approximate surface area is 176 Å². The van der Waals surface area contributed by atoms with Gasteiger partial charge in [-0.1, -0.05) is 54.6 Å². The van der Waals surface area contributed by atoms with E-state index in [4.69, 9.17) is 0 Å². The quantitative estimate of drug-likeness (QED) is 0.712. The summed E-state index contributed by atoms with van der Waals surface area (Å²) in [5.74, 6) is -0.179. The number of hydrogen-bond donors (Lipinski definition) is 1. The van der Waals surface area contributed by atoms with E-state index in [1.807, 2.05) is 65.6 Å². The first-order chi connectivity index (χ1) is 14.7. The van der Waals surface area contributed by atoms with Crippen LogP contribution < -0.4 is 5.32 Å². The molecule has 30 heavy (non-hydrogen) atoms. The minimum absolute atomic E-state index is 0.0228. The van der Waals surface area contributed by atoms with E-state index in [1.54, 1.807) is 12.4 Å². The maximum absolute atomic E-state index is 13.1. The van der Waals surface area contributed by atoms with E-state index in [1.165, 1.54) is 0 Å². The first kappa shape index (κ1) is 19.8. The van der Waals surface area contributed by atoms with Gasteiger partial charge in [-0.3, -0.25) is 14.6 Å². The molecule has 1 N–H and O–H groups in total. The van der Waals surface area contributed by atoms with Gasteiger partial charge in [-0.2, -0.15) is 0 Å². The Morgan fingerprint density at radius 2 is 1.67 bits per heavy atom. The molecule has 152 valence electrons. The van der Waals surface area contributed by atoms with Crippen LogP contribution in [0.15, 0.2) is 85.2 Å². The first-order valence-electron chi connectivity index (χ1n) is 10.3. The van der Waals surface area contributed by atoms with E-state index >= 15 is 0 Å². The molecule has 2 heterocycles. The molecule has 2 atom stereocenters. The van der Waals surface area contributed by atoms with E-state index in [0.29, 0.717) is 25.2 Å². The third-order valence-electron chi connectivity index (χ3n) is 5.59. The second-order valence-electron chi connectivity index (χ2n) is 7.70. The first-order valence-corrected chi connectivity index (χ1v) is 10.3. The molecule has 5 nitrogen and oxygen atoms in total. The molecule has 0 radical (unpaired) electrons. The van der Waals surface area contributed by atoms with Gasteiger partial charge in [0.1, 0.15) is 0 Å². The predicted octanol–water partition coefficient (Wildman–Crippen LogP) is 3.64. The fraction of sp³-hybridized carbons (Fsp3) is 0.240. The Morgan fingerprint density at radius 3 is 2.37 bits per heavy atom. The lowest BCUT2D eigenvalue weighted by Gasteiger charge is -2.37. The molecule has 1 aliphatic heterocycles. The van der Waals surface area contributed by atoms with Crippen LogP contribution in [0.1, 0.15) is 33.8 Å². The molecule has 0 spiro atoms. The van der Waals surface area contributed by atoms with Crippen LogP contribution in [0.3, 0.4) is 0 Å². The molecule has 5 heteroatoms. The van der Waals surface area contributed by atoms with Crippen LogP contribution in [-0.4, -0.2) is 34.8 Å². The fourth-order valence-corrected chi connectivity index (χ4v) is 4.02. The molecule has 0 saturated carbocycles. The Balaban J connectivity index is 1.51. The summed E-state index contributed by atoms with van der Waals surface area (Å²) in [6, 6.07) is 23.2. The van der Waals surface area contributed by atoms with Crippen LogP contribution >= 0.6 is 0 Å². The normalized spacial score (nSPS) is 18.6. The number of rotatable bonds is 5. The molecule has 2 aromatic carbocycles. The van der Waals surface area contributed by atoms with Gasteiger partial charge in [-0.25, -0.2) is 0 Å². The number of amides is 2. The molecule has 1 saturated heterocycles. The highest BCUT2D eigenvalue weighted by atomic mass is 16.2. The molecule has 3 aromatic rings. The van der Waals surface area contributed by atoms with Gasteiger partial charge in [-0.05, 0) is 35.7 Å². The predicted molar refractivity (Wildman–Crippen MR) is 116 cm³/mol. The van der Waals surface area contributed by atoms with Crippen LogP contribution in [0, 0.1) is 5.92 Å². The second kappa shape index (κ2) is 9.35. The standard InChI is InChI=1S/C25H25N3O2/c29-24(27-16-19-8-7-13-26-15-19)23-14-22(20-9-3-1-4-10-20)17-28(18-23)25(30)21-11-5-2-6-12-21/h1-13,15,22-23H,14,16-18H2,(H,27,29). The Bertz CT molecular complexity index is 977. The Hall–Kier alpha value is -3.47. The van der Waals surface area contributed by atoms with Gasteiger partial charge >= 0.3 is 0 Å². The maximum atomic E-state index is 13.1. The van der Waals surface area contributed by atoms with Gasteiger partial charge in [-0.15, -0.1) is 0 Å². The molecule has 1 aliphatic rings. The lowest BCUT2D eigenvalue weighted by atomic mass is 9.83. The zero-order valence-corrected chi connectivity index (χ0v) is 16.8. The summed E-state index contributed by atoms with van der Waals surface area (Å²) >= 11 is 0. The van der Waals surface area contributed by atoms with Crippen LogP contribution in [0.25, 0.3) is 0 Å². The number of carbonyl (C=O) groups is 2. The van der Waals surface area contributed by atoms with Crippen LogP contribution in [-0.2, 0) is 11.3 Å². The smallest absolute Gasteiger partial charge is 0.253 e. The van der Waals surface area contributed by atoms with Gasteiger partial charge < -0.3 is 10.2 Å². The molecule has 1 aromatic heterocycles. The van der Waals surface area contributed by atoms with Gasteiger partial charge in [0.15, 0.2) is 0 Å². The lowest BCUT2D eigenvalue weighted by molar-refractivity contribution is -0.126. The summed E-state index contributed by atoms with van der Waals surface area (Å²) in [5, 5.41) is 3.02. The number of aromatic nitrogens is 1. The van der Waals surface area contributed by atoms with Crippen molar-refractivity contribution in [3.63, 3.8) is 0 Å². The highest BCUT2D eigenvalue weighted by Gasteiger charge is 2.34. The summed E-state index contributed by atoms with van der Waals surface area (Å²) in [6.07, 6.45) is 4.19. The molecule has 0 aliphatic carbocycles. The summed E-state index contributed by atoms with van der Waals surface area (Å²) in [4.78, 5) is 32.0. The third-order valence-corrected chi connectivity index (χ3v) is 5.59. The zero-order valence-electron chi connectivity index (χ0n) is 16.8. The van der Waals surface area contributed by atoms with Crippen molar-refractivity contribution in [2.24, 2.45) is 5.92 Å². The van der Waals surface area contributed by atoms with Crippen molar-refractivity contribution in [3.05, 3.63) is 102 Å². The number of nitrogens with one attached hydrogen (secondary N) is 1. The van der Waals surface area contributed by atoms with Crippen LogP contribution in [0.4, 0.5) is 0 Å². The van der Waals surface area contributed by atoms with Crippen LogP contribution in [0.2, 0.25) is 0 Å². The molecule has 2 amide bonds. The monoisotopic (exact) mass is 399 g/mol. The number of likely N-dealkylation sites (tertiary alicyclic amines) is 1. The number of pyridine rings is 1. The van der Waals surface area contributed by atoms with Crippen molar-refractivity contribution in [2.45, 2.75) is 18.9 Å². The van der Waals surface area contributed by atoms with Crippen molar-refractivity contribution >= 4 is 11.8 Å². The largest absolute Gasteiger partial charge is 0.352 e. The van der Waals surface area contributed by atoms with Crippen molar-refractivity contribution in [3.8, 4) is 0 Å². The molecule has 2 unspecified atom stereocenters. The van der Waals surface area contributed by atoms with Crippen molar-refractivity contribution < 1.29 is 9.59 Å². The average Bonchev–Trinajstić information content (AvgIpc) is 2.83. The SMILES string of the molecule is O=C(NCc1cccnc1)C1CC(c2ccccc2)CN(C(=O)c2ccccc2)C1. The number of hydrogen-bond acceptors (Lipinski definition) is 3. The zero-order chi connectivity index (χ0) is 20.8. The number of piperidine rings is 1. The minimum atomic E-state index is -0.256. The van der Waals surface area contributed by atoms with Gasteiger partial charge in [0.2, 0.25) is 5.91 Å². The van der Waals surface area contributed by atoms with Crippen molar-refractivity contribution in [1.29, 1.82) is 0 Å². The molecule has 4 rings (SSSR count). The molecule has 1 fully saturated rings. The van der Waals surface area contributed by atoms with Crippen LogP contribution in [0.5, 0.6) is 0 Å². The van der Waals surface area contributed by atoms with E-state index < -0.39 is 0 Å². The van der Waals surface area contributed by atoms with E-state index in [2.05, 4.69) is 22.4 Å². The minimum Gasteiger partial charge on any atom is -0.352 e. The Kier molecular flexibility index (Phi) is 6.18. The fourth-order valence-electron chi connectivity index (χ4n) is 4.02. The third kappa shape index (κ3) is 4.74. The highest BCUT2D eigenvalue weighted by molar-refractivity contribution is 5.94. The topological polar surface area (TPSA) is 62.3 Å². The summed E-state index contributed by atoms with van der Waals surface area (Å²) in [6.45, 7) is 1.48. The Morgan fingerprint density at radius 1 is 0.933 bits per heavy atom. The van der Waals surface area contributed by atoms with E-state index in [0.717, 1.165) is 17.5 Å². The average molecular weight is 399 g/mol. The number of carbonyl (C=O) groups excluding carboxylic acids is 2. The van der Waals surface area contributed by atoms with E-state index in [-0.39, 0.29) is 23.7 Å². The van der Waals surface area contributed by atoms with Gasteiger partial charge in [0.25, 0.3) is 5.91 Å². The lowest BCUT2D eigenvalue weighted by Crippen LogP contribution is -2.48. The number of benzene rings is 2. The number of nitrogens with zero attached hydrogens (tertiary/aromatic N) is 2. The summed E-state index contributed by atoms with van der Waals surface area (Å²) in [5.41, 5.74) is 2.77. The molecular formula is C25H25N3O2. The van der Waals surface area contributed by atoms with Crippen molar-refractivity contribution in [1.82, 2.24) is 15.2 Å². The van der Waals surface area contributed by atoms with Gasteiger partial charge in [0, 0.05) is 43.5 Å². The highest BCUT2D eigenvalue weighted by Crippen LogP contribution is 2.31. The summed E-state index contributed by atoms with van der Waals surface area (Å²) < 4.78 is 0. The summed E-state index contributed by atoms with van der Waals surface area (Å²) in [7, 11) is 0. The second-order valence-corrected chi connectivity index (χ2v) is 7.70. The van der Waals surface area contributed by atoms with E-state index in [9.17, 15) is 9.59 Å². The maximum Gasteiger partial charge on any atom is 0.253 e. The van der Waals surface area contributed by atoms with Gasteiger partial charge in [0.05, 0.1) is 5.92 Å².